The Hall–Kier alpha value is 0.334. The summed E-state index contributed by atoms with van der Waals surface area (Å²) in [6.45, 7) is 12.8. The fourth-order valence-corrected chi connectivity index (χ4v) is 1.94. The minimum Gasteiger partial charge on any atom is -0.691 e. The van der Waals surface area contributed by atoms with Crippen molar-refractivity contribution < 1.29 is 23.3 Å². The first-order chi connectivity index (χ1) is 5.20. The molecule has 0 aliphatic rings. The molecule has 0 rings (SSSR count). The van der Waals surface area contributed by atoms with Crippen LogP contribution in [0.4, 0.5) is 0 Å². The first-order valence-electron chi connectivity index (χ1n) is 4.31. The summed E-state index contributed by atoms with van der Waals surface area (Å²) in [6, 6.07) is 0. The molecule has 13 heavy (non-hydrogen) atoms. The average Bonchev–Trinajstić information content (AvgIpc) is 1.84. The molecule has 0 aliphatic carbocycles. The summed E-state index contributed by atoms with van der Waals surface area (Å²) < 4.78 is 5.79. The smallest absolute Gasteiger partial charge is 0.691 e. The van der Waals surface area contributed by atoms with Crippen LogP contribution in [0, 0.1) is 12.3 Å². The Morgan fingerprint density at radius 2 is 1.69 bits per heavy atom. The fourth-order valence-electron chi connectivity index (χ4n) is 0.648. The molecule has 0 heterocycles. The van der Waals surface area contributed by atoms with E-state index < -0.39 is 8.32 Å². The normalized spacial score (nSPS) is 14.2. The van der Waals surface area contributed by atoms with Crippen LogP contribution in [0.5, 0.6) is 0 Å². The Kier molecular flexibility index (Phi) is 6.41. The van der Waals surface area contributed by atoms with Crippen molar-refractivity contribution in [3.05, 3.63) is 6.42 Å². The number of hydrogen-bond donors (Lipinski definition) is 0. The molecule has 1 atom stereocenters. The van der Waals surface area contributed by atoms with E-state index in [1.807, 2.05) is 6.92 Å². The Labute approximate surface area is 95.9 Å². The summed E-state index contributed by atoms with van der Waals surface area (Å²) in [5.74, 6) is 2.36. The van der Waals surface area contributed by atoms with Crippen molar-refractivity contribution in [1.29, 1.82) is 0 Å². The minimum atomic E-state index is -1.67. The molecule has 0 N–H and O–H groups in total. The van der Waals surface area contributed by atoms with Gasteiger partial charge in [-0.15, -0.1) is 0 Å². The zero-order valence-electron chi connectivity index (χ0n) is 9.99. The van der Waals surface area contributed by atoms with E-state index in [2.05, 4.69) is 39.8 Å². The number of rotatable bonds is 2. The molecular formula is C10H19LiOSi. The molecule has 70 valence electrons. The van der Waals surface area contributed by atoms with Crippen LogP contribution in [-0.2, 0) is 4.43 Å². The topological polar surface area (TPSA) is 9.23 Å². The predicted molar refractivity (Wildman–Crippen MR) is 54.9 cm³/mol. The molecule has 1 nitrogen and oxygen atoms in total. The molecule has 0 aromatic rings. The van der Waals surface area contributed by atoms with Gasteiger partial charge >= 0.3 is 18.9 Å². The second kappa shape index (κ2) is 5.27. The third-order valence-corrected chi connectivity index (χ3v) is 7.04. The van der Waals surface area contributed by atoms with Gasteiger partial charge in [0.25, 0.3) is 0 Å². The van der Waals surface area contributed by atoms with Gasteiger partial charge in [-0.05, 0) is 25.1 Å². The molecule has 0 unspecified atom stereocenters. The Balaban J connectivity index is 0. The molecule has 0 bridgehead atoms. The van der Waals surface area contributed by atoms with Crippen LogP contribution in [0.2, 0.25) is 18.1 Å². The third kappa shape index (κ3) is 4.94. The maximum Gasteiger partial charge on any atom is 1.00 e. The van der Waals surface area contributed by atoms with Gasteiger partial charge in [0.15, 0.2) is 8.32 Å². The van der Waals surface area contributed by atoms with Gasteiger partial charge in [0.1, 0.15) is 0 Å². The molecule has 0 aliphatic heterocycles. The first kappa shape index (κ1) is 15.8. The molecule has 0 saturated carbocycles. The summed E-state index contributed by atoms with van der Waals surface area (Å²) in [4.78, 5) is 0. The van der Waals surface area contributed by atoms with Crippen LogP contribution in [0.25, 0.3) is 0 Å². The van der Waals surface area contributed by atoms with E-state index in [1.165, 1.54) is 0 Å². The maximum atomic E-state index is 6.94. The van der Waals surface area contributed by atoms with Crippen molar-refractivity contribution in [1.82, 2.24) is 0 Å². The van der Waals surface area contributed by atoms with E-state index >= 15 is 0 Å². The fraction of sp³-hybridized carbons (Fsp3) is 0.800. The van der Waals surface area contributed by atoms with Gasteiger partial charge in [0.2, 0.25) is 0 Å². The Bertz CT molecular complexity index is 188. The van der Waals surface area contributed by atoms with Crippen molar-refractivity contribution in [3.8, 4) is 5.92 Å². The number of hydrogen-bond acceptors (Lipinski definition) is 1. The zero-order chi connectivity index (χ0) is 9.99. The van der Waals surface area contributed by atoms with Crippen LogP contribution in [-0.4, -0.2) is 14.4 Å². The van der Waals surface area contributed by atoms with E-state index in [0.717, 1.165) is 0 Å². The molecule has 0 saturated heterocycles. The summed E-state index contributed by atoms with van der Waals surface area (Å²) in [5.41, 5.74) is 0. The first-order valence-corrected chi connectivity index (χ1v) is 7.21. The van der Waals surface area contributed by atoms with Crippen molar-refractivity contribution >= 4 is 8.32 Å². The standard InChI is InChI=1S/C10H19OSi.Li/c1-8-9(2)11-12(6,7)10(3,4)5;/h9H,2-7H3;/q-1;+1/t9-;/m1./s1. The minimum absolute atomic E-state index is 0. The van der Waals surface area contributed by atoms with Crippen LogP contribution >= 0.6 is 0 Å². The van der Waals surface area contributed by atoms with Gasteiger partial charge in [-0.2, -0.15) is 0 Å². The average molecular weight is 190 g/mol. The molecule has 0 aromatic heterocycles. The molecule has 0 radical (unpaired) electrons. The van der Waals surface area contributed by atoms with Crippen molar-refractivity contribution in [2.75, 3.05) is 0 Å². The van der Waals surface area contributed by atoms with Crippen LogP contribution < -0.4 is 18.9 Å². The van der Waals surface area contributed by atoms with E-state index in [9.17, 15) is 0 Å². The molecule has 0 amide bonds. The van der Waals surface area contributed by atoms with Gasteiger partial charge in [-0.1, -0.05) is 20.8 Å². The van der Waals surface area contributed by atoms with E-state index in [1.54, 1.807) is 0 Å². The predicted octanol–water partition coefficient (Wildman–Crippen LogP) is -0.00951. The van der Waals surface area contributed by atoms with E-state index in [-0.39, 0.29) is 30.0 Å². The van der Waals surface area contributed by atoms with Gasteiger partial charge in [0.05, 0.1) is 6.10 Å². The second-order valence-electron chi connectivity index (χ2n) is 4.66. The second-order valence-corrected chi connectivity index (χ2v) is 9.42. The van der Waals surface area contributed by atoms with Gasteiger partial charge in [-0.3, -0.25) is 0 Å². The third-order valence-electron chi connectivity index (χ3n) is 2.48. The van der Waals surface area contributed by atoms with Gasteiger partial charge < -0.3 is 16.8 Å². The summed E-state index contributed by atoms with van der Waals surface area (Å²) in [6.07, 6.45) is 6.78. The van der Waals surface area contributed by atoms with Crippen LogP contribution in [0.15, 0.2) is 0 Å². The molecule has 0 fully saturated rings. The summed E-state index contributed by atoms with van der Waals surface area (Å²) >= 11 is 0. The Morgan fingerprint density at radius 3 is 1.92 bits per heavy atom. The zero-order valence-corrected chi connectivity index (χ0v) is 11.0. The van der Waals surface area contributed by atoms with E-state index in [4.69, 9.17) is 10.8 Å². The monoisotopic (exact) mass is 190 g/mol. The maximum absolute atomic E-state index is 6.94. The van der Waals surface area contributed by atoms with Gasteiger partial charge in [-0.25, -0.2) is 0 Å². The molecular weight excluding hydrogens is 171 g/mol. The molecule has 0 aromatic carbocycles. The largest absolute Gasteiger partial charge is 1.00 e. The van der Waals surface area contributed by atoms with Gasteiger partial charge in [0, 0.05) is 0 Å². The molecule has 3 heteroatoms. The van der Waals surface area contributed by atoms with Crippen molar-refractivity contribution in [2.45, 2.75) is 51.9 Å². The molecule has 0 spiro atoms. The van der Waals surface area contributed by atoms with Crippen molar-refractivity contribution in [2.24, 2.45) is 0 Å². The Morgan fingerprint density at radius 1 is 1.31 bits per heavy atom. The quantitative estimate of drug-likeness (QED) is 0.338. The summed E-state index contributed by atoms with van der Waals surface area (Å²) in [7, 11) is -1.67. The van der Waals surface area contributed by atoms with Crippen LogP contribution in [0.1, 0.15) is 27.7 Å². The summed E-state index contributed by atoms with van der Waals surface area (Å²) in [5, 5.41) is 0.220. The van der Waals surface area contributed by atoms with Crippen LogP contribution in [0.3, 0.4) is 0 Å². The van der Waals surface area contributed by atoms with Crippen molar-refractivity contribution in [3.63, 3.8) is 0 Å². The SMILES string of the molecule is [C-]#C[C@@H](C)O[Si](C)(C)C(C)(C)C.[Li+]. The van der Waals surface area contributed by atoms with E-state index in [0.29, 0.717) is 0 Å².